The van der Waals surface area contributed by atoms with Crippen LogP contribution in [0.15, 0.2) is 48.8 Å². The van der Waals surface area contributed by atoms with Crippen molar-refractivity contribution in [3.8, 4) is 5.75 Å². The van der Waals surface area contributed by atoms with E-state index in [4.69, 9.17) is 26.1 Å². The molecule has 10 nitrogen and oxygen atoms in total. The Labute approximate surface area is 240 Å². The standard InChI is InChI=1S/C26H29ClF3N7O3Si/c1-41(2,3)11-10-38-16-36(18-4-6-20(7-5-18)40-26(28,29)30)25-34-21-12-17(33-22-8-9-31-24(27)35-22)13-32-23(21)37(25)19-14-39-15-19/h4-9,12-13,19H,10-11,14-16H2,1-3H3,(H,31,33,35). The summed E-state index contributed by atoms with van der Waals surface area (Å²) >= 11 is 5.91. The first-order valence-corrected chi connectivity index (χ1v) is 17.0. The van der Waals surface area contributed by atoms with Crippen LogP contribution in [0, 0.1) is 0 Å². The zero-order chi connectivity index (χ0) is 29.2. The molecule has 4 heterocycles. The number of fused-ring (bicyclic) bond motifs is 1. The fraction of sp³-hybridized carbons (Fsp3) is 0.385. The maximum atomic E-state index is 12.8. The Kier molecular flexibility index (Phi) is 8.36. The highest BCUT2D eigenvalue weighted by atomic mass is 35.5. The molecule has 4 aromatic rings. The Bertz CT molecular complexity index is 1490. The van der Waals surface area contributed by atoms with Gasteiger partial charge >= 0.3 is 6.36 Å². The second kappa shape index (κ2) is 11.8. The minimum atomic E-state index is -4.78. The minimum Gasteiger partial charge on any atom is -0.406 e. The van der Waals surface area contributed by atoms with Crippen LogP contribution in [0.1, 0.15) is 6.04 Å². The number of benzene rings is 1. The molecule has 3 aromatic heterocycles. The molecule has 0 atom stereocenters. The number of nitrogens with zero attached hydrogens (tertiary/aromatic N) is 6. The molecule has 15 heteroatoms. The molecule has 1 aliphatic heterocycles. The lowest BCUT2D eigenvalue weighted by Gasteiger charge is -2.32. The van der Waals surface area contributed by atoms with E-state index < -0.39 is 14.4 Å². The number of anilines is 4. The van der Waals surface area contributed by atoms with Gasteiger partial charge in [0.2, 0.25) is 11.2 Å². The second-order valence-electron chi connectivity index (χ2n) is 10.7. The largest absolute Gasteiger partial charge is 0.573 e. The molecular formula is C26H29ClF3N7O3Si. The van der Waals surface area contributed by atoms with Gasteiger partial charge in [-0.1, -0.05) is 19.6 Å². The molecule has 1 aromatic carbocycles. The summed E-state index contributed by atoms with van der Waals surface area (Å²) in [5.41, 5.74) is 2.45. The lowest BCUT2D eigenvalue weighted by atomic mass is 10.2. The average molecular weight is 608 g/mol. The van der Waals surface area contributed by atoms with Crippen molar-refractivity contribution in [3.63, 3.8) is 0 Å². The number of imidazole rings is 1. The maximum absolute atomic E-state index is 12.8. The van der Waals surface area contributed by atoms with Crippen molar-refractivity contribution >= 4 is 54.0 Å². The van der Waals surface area contributed by atoms with Crippen LogP contribution in [-0.2, 0) is 9.47 Å². The number of nitrogens with one attached hydrogen (secondary N) is 1. The molecule has 5 rings (SSSR count). The van der Waals surface area contributed by atoms with Gasteiger partial charge in [-0.05, 0) is 54.0 Å². The van der Waals surface area contributed by atoms with Crippen molar-refractivity contribution in [2.45, 2.75) is 38.1 Å². The topological polar surface area (TPSA) is 99.5 Å². The molecule has 218 valence electrons. The van der Waals surface area contributed by atoms with E-state index in [9.17, 15) is 13.2 Å². The number of pyridine rings is 1. The normalized spacial score (nSPS) is 14.2. The van der Waals surface area contributed by atoms with Gasteiger partial charge in [-0.25, -0.2) is 19.9 Å². The average Bonchev–Trinajstić information content (AvgIpc) is 3.20. The van der Waals surface area contributed by atoms with Crippen LogP contribution in [-0.4, -0.2) is 65.5 Å². The van der Waals surface area contributed by atoms with Crippen LogP contribution < -0.4 is 15.0 Å². The van der Waals surface area contributed by atoms with Crippen molar-refractivity contribution in [1.82, 2.24) is 24.5 Å². The summed E-state index contributed by atoms with van der Waals surface area (Å²) in [4.78, 5) is 19.4. The Morgan fingerprint density at radius 2 is 1.88 bits per heavy atom. The van der Waals surface area contributed by atoms with Gasteiger partial charge in [-0.3, -0.25) is 9.47 Å². The van der Waals surface area contributed by atoms with Gasteiger partial charge in [0, 0.05) is 26.6 Å². The number of hydrogen-bond acceptors (Lipinski definition) is 9. The first-order chi connectivity index (χ1) is 19.4. The number of rotatable bonds is 11. The molecule has 41 heavy (non-hydrogen) atoms. The van der Waals surface area contributed by atoms with Gasteiger partial charge < -0.3 is 19.5 Å². The van der Waals surface area contributed by atoms with E-state index in [0.717, 1.165) is 6.04 Å². The van der Waals surface area contributed by atoms with E-state index in [1.165, 1.54) is 18.3 Å². The van der Waals surface area contributed by atoms with Crippen molar-refractivity contribution in [3.05, 3.63) is 54.1 Å². The van der Waals surface area contributed by atoms with Gasteiger partial charge in [0.05, 0.1) is 31.1 Å². The van der Waals surface area contributed by atoms with Gasteiger partial charge in [-0.2, -0.15) is 0 Å². The van der Waals surface area contributed by atoms with Crippen molar-refractivity contribution in [2.24, 2.45) is 0 Å². The second-order valence-corrected chi connectivity index (χ2v) is 16.7. The maximum Gasteiger partial charge on any atom is 0.573 e. The third-order valence-electron chi connectivity index (χ3n) is 6.24. The molecule has 0 saturated carbocycles. The van der Waals surface area contributed by atoms with E-state index in [0.29, 0.717) is 54.1 Å². The molecule has 1 N–H and O–H groups in total. The molecule has 0 unspecified atom stereocenters. The van der Waals surface area contributed by atoms with Crippen molar-refractivity contribution in [2.75, 3.05) is 36.8 Å². The number of alkyl halides is 3. The Morgan fingerprint density at radius 1 is 1.12 bits per heavy atom. The zero-order valence-electron chi connectivity index (χ0n) is 22.7. The van der Waals surface area contributed by atoms with E-state index in [1.807, 2.05) is 15.5 Å². The first-order valence-electron chi connectivity index (χ1n) is 12.9. The van der Waals surface area contributed by atoms with Crippen LogP contribution >= 0.6 is 11.6 Å². The summed E-state index contributed by atoms with van der Waals surface area (Å²) in [5, 5.41) is 3.26. The molecule has 1 saturated heterocycles. The monoisotopic (exact) mass is 607 g/mol. The predicted molar refractivity (Wildman–Crippen MR) is 152 cm³/mol. The van der Waals surface area contributed by atoms with Crippen LogP contribution in [0.2, 0.25) is 31.0 Å². The highest BCUT2D eigenvalue weighted by Crippen LogP contribution is 2.35. The number of aromatic nitrogens is 5. The molecule has 0 bridgehead atoms. The van der Waals surface area contributed by atoms with Crippen LogP contribution in [0.25, 0.3) is 11.2 Å². The summed E-state index contributed by atoms with van der Waals surface area (Å²) in [6.07, 6.45) is -1.58. The van der Waals surface area contributed by atoms with E-state index in [-0.39, 0.29) is 23.8 Å². The van der Waals surface area contributed by atoms with E-state index >= 15 is 0 Å². The lowest BCUT2D eigenvalue weighted by Crippen LogP contribution is -2.34. The third kappa shape index (κ3) is 7.44. The van der Waals surface area contributed by atoms with Crippen LogP contribution in [0.3, 0.4) is 0 Å². The van der Waals surface area contributed by atoms with E-state index in [1.54, 1.807) is 24.4 Å². The number of halogens is 4. The summed E-state index contributed by atoms with van der Waals surface area (Å²) in [5.74, 6) is 0.710. The molecule has 0 aliphatic carbocycles. The highest BCUT2D eigenvalue weighted by Gasteiger charge is 2.32. The summed E-state index contributed by atoms with van der Waals surface area (Å²) in [6, 6.07) is 10.1. The summed E-state index contributed by atoms with van der Waals surface area (Å²) in [6.45, 7) is 8.40. The molecule has 0 radical (unpaired) electrons. The van der Waals surface area contributed by atoms with Crippen LogP contribution in [0.5, 0.6) is 5.75 Å². The van der Waals surface area contributed by atoms with Crippen molar-refractivity contribution < 1.29 is 27.4 Å². The Morgan fingerprint density at radius 3 is 2.51 bits per heavy atom. The van der Waals surface area contributed by atoms with Crippen LogP contribution in [0.4, 0.5) is 36.3 Å². The molecular weight excluding hydrogens is 579 g/mol. The fourth-order valence-corrected chi connectivity index (χ4v) is 5.00. The molecule has 0 amide bonds. The SMILES string of the molecule is C[Si](C)(C)CCOCN(c1ccc(OC(F)(F)F)cc1)c1nc2cc(Nc3ccnc(Cl)n3)cnc2n1C1COC1. The predicted octanol–water partition coefficient (Wildman–Crippen LogP) is 6.54. The Balaban J connectivity index is 1.51. The van der Waals surface area contributed by atoms with Gasteiger partial charge in [0.15, 0.2) is 5.65 Å². The summed E-state index contributed by atoms with van der Waals surface area (Å²) in [7, 11) is -1.35. The highest BCUT2D eigenvalue weighted by molar-refractivity contribution is 6.76. The van der Waals surface area contributed by atoms with Crippen molar-refractivity contribution in [1.29, 1.82) is 0 Å². The number of hydrogen-bond donors (Lipinski definition) is 1. The Hall–Kier alpha value is -3.46. The zero-order valence-corrected chi connectivity index (χ0v) is 24.4. The third-order valence-corrected chi connectivity index (χ3v) is 8.12. The van der Waals surface area contributed by atoms with E-state index in [2.05, 4.69) is 44.6 Å². The molecule has 1 aliphatic rings. The first kappa shape index (κ1) is 29.0. The summed E-state index contributed by atoms with van der Waals surface area (Å²) < 4.78 is 55.9. The molecule has 0 spiro atoms. The minimum absolute atomic E-state index is 0.0284. The molecule has 1 fully saturated rings. The van der Waals surface area contributed by atoms with Gasteiger partial charge in [-0.15, -0.1) is 13.2 Å². The fourth-order valence-electron chi connectivity index (χ4n) is 4.10. The van der Waals surface area contributed by atoms with Gasteiger partial charge in [0.25, 0.3) is 0 Å². The smallest absolute Gasteiger partial charge is 0.406 e. The number of ether oxygens (including phenoxy) is 3. The lowest BCUT2D eigenvalue weighted by molar-refractivity contribution is -0.274. The van der Waals surface area contributed by atoms with Gasteiger partial charge in [0.1, 0.15) is 23.8 Å². The quantitative estimate of drug-likeness (QED) is 0.0882.